The molecule has 0 spiro atoms. The molecule has 160 valence electrons. The molecular formula is C16H18ClO11P. The van der Waals surface area contributed by atoms with Gasteiger partial charge in [0.2, 0.25) is 0 Å². The highest BCUT2D eigenvalue weighted by atomic mass is 35.5. The van der Waals surface area contributed by atoms with E-state index in [9.17, 15) is 39.8 Å². The molecule has 3 rings (SSSR count). The molecule has 1 fully saturated rings. The highest BCUT2D eigenvalue weighted by molar-refractivity contribution is 7.47. The van der Waals surface area contributed by atoms with Crippen molar-refractivity contribution in [1.29, 1.82) is 0 Å². The Bertz CT molecular complexity index is 1010. The zero-order valence-corrected chi connectivity index (χ0v) is 16.4. The zero-order valence-electron chi connectivity index (χ0n) is 14.7. The van der Waals surface area contributed by atoms with Crippen LogP contribution in [-0.2, 0) is 9.09 Å². The molecule has 6 N–H and O–H groups in total. The maximum Gasteiger partial charge on any atom is 0.527 e. The molecule has 13 heteroatoms. The molecule has 29 heavy (non-hydrogen) atoms. The third kappa shape index (κ3) is 4.19. The Morgan fingerprint density at radius 2 is 1.59 bits per heavy atom. The third-order valence-electron chi connectivity index (χ3n) is 4.62. The van der Waals surface area contributed by atoms with Crippen LogP contribution in [0.15, 0.2) is 27.4 Å². The maximum atomic E-state index is 12.3. The first-order valence-electron chi connectivity index (χ1n) is 8.27. The summed E-state index contributed by atoms with van der Waals surface area (Å²) in [5.74, 6) is -0.255. The predicted octanol–water partition coefficient (Wildman–Crippen LogP) is -0.563. The van der Waals surface area contributed by atoms with E-state index in [1.54, 1.807) is 6.92 Å². The van der Waals surface area contributed by atoms with Crippen LogP contribution in [0.3, 0.4) is 0 Å². The highest BCUT2D eigenvalue weighted by Crippen LogP contribution is 2.47. The second kappa shape index (κ2) is 7.95. The van der Waals surface area contributed by atoms with Crippen molar-refractivity contribution in [3.63, 3.8) is 0 Å². The summed E-state index contributed by atoms with van der Waals surface area (Å²) in [5.41, 5.74) is -0.365. The smallest absolute Gasteiger partial charge is 0.421 e. The Kier molecular flexibility index (Phi) is 6.08. The minimum absolute atomic E-state index is 0.0149. The molecule has 1 heterocycles. The molecule has 11 nitrogen and oxygen atoms in total. The van der Waals surface area contributed by atoms with E-state index in [0.717, 1.165) is 6.07 Å². The Labute approximate surface area is 167 Å². The van der Waals surface area contributed by atoms with Crippen LogP contribution in [0.4, 0.5) is 0 Å². The van der Waals surface area contributed by atoms with Crippen LogP contribution >= 0.6 is 19.4 Å². The van der Waals surface area contributed by atoms with Gasteiger partial charge in [0.05, 0.1) is 0 Å². The van der Waals surface area contributed by atoms with Crippen molar-refractivity contribution in [3.8, 4) is 5.75 Å². The summed E-state index contributed by atoms with van der Waals surface area (Å²) in [6.45, 7) is 1.58. The molecule has 0 saturated heterocycles. The molecule has 1 aromatic carbocycles. The second-order valence-corrected chi connectivity index (χ2v) is 8.28. The van der Waals surface area contributed by atoms with E-state index >= 15 is 0 Å². The van der Waals surface area contributed by atoms with Gasteiger partial charge in [0.15, 0.2) is 0 Å². The number of hydrogen-bond donors (Lipinski definition) is 6. The molecule has 3 unspecified atom stereocenters. The van der Waals surface area contributed by atoms with Crippen LogP contribution in [0.5, 0.6) is 5.75 Å². The minimum Gasteiger partial charge on any atom is -0.421 e. The lowest BCUT2D eigenvalue weighted by Crippen LogP contribution is -2.64. The van der Waals surface area contributed by atoms with Crippen LogP contribution in [0.25, 0.3) is 11.0 Å². The van der Waals surface area contributed by atoms with Crippen LogP contribution in [0, 0.1) is 6.92 Å². The highest BCUT2D eigenvalue weighted by Gasteiger charge is 2.51. The summed E-state index contributed by atoms with van der Waals surface area (Å²) < 4.78 is 26.9. The Morgan fingerprint density at radius 3 is 2.17 bits per heavy atom. The topological polar surface area (TPSA) is 187 Å². The molecule has 1 aliphatic carbocycles. The lowest BCUT2D eigenvalue weighted by molar-refractivity contribution is -0.219. The number of benzene rings is 1. The molecule has 0 amide bonds. The van der Waals surface area contributed by atoms with E-state index < -0.39 is 50.1 Å². The van der Waals surface area contributed by atoms with Crippen molar-refractivity contribution in [3.05, 3.63) is 39.2 Å². The number of rotatable bonds is 4. The average Bonchev–Trinajstić information content (AvgIpc) is 2.66. The number of phosphoric ester groups is 1. The van der Waals surface area contributed by atoms with E-state index in [-0.39, 0.29) is 16.4 Å². The summed E-state index contributed by atoms with van der Waals surface area (Å²) in [5, 5.41) is 49.0. The minimum atomic E-state index is -5.01. The predicted molar refractivity (Wildman–Crippen MR) is 97.6 cm³/mol. The number of phosphoric acid groups is 1. The molecule has 2 aromatic rings. The summed E-state index contributed by atoms with van der Waals surface area (Å²) >= 11 is 5.82. The van der Waals surface area contributed by atoms with Gasteiger partial charge in [-0.2, -0.15) is 0 Å². The fourth-order valence-corrected chi connectivity index (χ4v) is 4.12. The normalized spacial score (nSPS) is 32.1. The lowest BCUT2D eigenvalue weighted by atomic mass is 9.85. The molecule has 1 aliphatic rings. The zero-order chi connectivity index (χ0) is 21.7. The van der Waals surface area contributed by atoms with Crippen LogP contribution in [0.1, 0.15) is 5.56 Å². The molecule has 7 atom stereocenters. The third-order valence-corrected chi connectivity index (χ3v) is 6.01. The van der Waals surface area contributed by atoms with Gasteiger partial charge in [0.25, 0.3) is 0 Å². The first-order valence-corrected chi connectivity index (χ1v) is 10.1. The number of aliphatic hydroxyl groups excluding tert-OH is 5. The standard InChI is InChI=1S/C16H18ClO11P/c1-5-7-3-2-6(4-8(7)26-16(23)9(5)17)27-29(24,25)28-15-13(21)11(19)10(18)12(20)14(15)22/h2-4,10-15,18-22H,1H3,(H,24,25)/t10?,11-,12+,13-,14-,15?/m0/s1. The number of aliphatic hydroxyl groups is 5. The van der Waals surface area contributed by atoms with E-state index in [2.05, 4.69) is 0 Å². The van der Waals surface area contributed by atoms with Gasteiger partial charge < -0.3 is 34.5 Å². The van der Waals surface area contributed by atoms with Crippen molar-refractivity contribution in [2.24, 2.45) is 0 Å². The van der Waals surface area contributed by atoms with Gasteiger partial charge in [-0.05, 0) is 24.6 Å². The van der Waals surface area contributed by atoms with Gasteiger partial charge >= 0.3 is 13.4 Å². The average molecular weight is 453 g/mol. The molecule has 0 radical (unpaired) electrons. The lowest BCUT2D eigenvalue weighted by Gasteiger charge is -2.41. The monoisotopic (exact) mass is 452 g/mol. The summed E-state index contributed by atoms with van der Waals surface area (Å²) in [7, 11) is -5.01. The SMILES string of the molecule is Cc1c(Cl)c(=O)oc2cc(OP(=O)(O)OC3[C@@H](O)[C@H](O)C(O)[C@H](O)[C@@H]3O)ccc12. The van der Waals surface area contributed by atoms with Gasteiger partial charge in [-0.25, -0.2) is 9.36 Å². The number of hydrogen-bond acceptors (Lipinski definition) is 10. The number of aryl methyl sites for hydroxylation is 1. The fourth-order valence-electron chi connectivity index (χ4n) is 3.00. The number of fused-ring (bicyclic) bond motifs is 1. The van der Waals surface area contributed by atoms with Gasteiger partial charge in [-0.3, -0.25) is 9.42 Å². The Balaban J connectivity index is 1.85. The van der Waals surface area contributed by atoms with Gasteiger partial charge in [0.1, 0.15) is 53.0 Å². The quantitative estimate of drug-likeness (QED) is 0.258. The summed E-state index contributed by atoms with van der Waals surface area (Å²) in [4.78, 5) is 21.7. The van der Waals surface area contributed by atoms with Crippen molar-refractivity contribution in [1.82, 2.24) is 0 Å². The Morgan fingerprint density at radius 1 is 1.03 bits per heavy atom. The van der Waals surface area contributed by atoms with E-state index in [1.807, 2.05) is 0 Å². The van der Waals surface area contributed by atoms with Crippen molar-refractivity contribution in [2.45, 2.75) is 43.5 Å². The largest absolute Gasteiger partial charge is 0.527 e. The first-order chi connectivity index (χ1) is 13.4. The van der Waals surface area contributed by atoms with Crippen molar-refractivity contribution < 1.29 is 48.5 Å². The van der Waals surface area contributed by atoms with Gasteiger partial charge in [0, 0.05) is 11.5 Å². The van der Waals surface area contributed by atoms with Crippen molar-refractivity contribution >= 4 is 30.4 Å². The summed E-state index contributed by atoms with van der Waals surface area (Å²) in [6.07, 6.45) is -11.7. The van der Waals surface area contributed by atoms with Gasteiger partial charge in [-0.15, -0.1) is 0 Å². The van der Waals surface area contributed by atoms with Crippen molar-refractivity contribution in [2.75, 3.05) is 0 Å². The molecule has 1 saturated carbocycles. The van der Waals surface area contributed by atoms with Crippen LogP contribution in [-0.4, -0.2) is 67.0 Å². The van der Waals surface area contributed by atoms with Gasteiger partial charge in [-0.1, -0.05) is 11.6 Å². The summed E-state index contributed by atoms with van der Waals surface area (Å²) in [6, 6.07) is 3.82. The molecule has 0 bridgehead atoms. The fraction of sp³-hybridized carbons (Fsp3) is 0.438. The Hall–Kier alpha value is -1.53. The maximum absolute atomic E-state index is 12.3. The number of halogens is 1. The molecular weight excluding hydrogens is 435 g/mol. The van der Waals surface area contributed by atoms with Crippen LogP contribution in [0.2, 0.25) is 5.02 Å². The van der Waals surface area contributed by atoms with E-state index in [0.29, 0.717) is 10.9 Å². The first kappa shape index (κ1) is 22.2. The molecule has 1 aromatic heterocycles. The van der Waals surface area contributed by atoms with Crippen LogP contribution < -0.4 is 10.1 Å². The second-order valence-electron chi connectivity index (χ2n) is 6.57. The molecule has 0 aliphatic heterocycles. The van der Waals surface area contributed by atoms with E-state index in [1.165, 1.54) is 12.1 Å². The van der Waals surface area contributed by atoms with E-state index in [4.69, 9.17) is 25.1 Å².